The summed E-state index contributed by atoms with van der Waals surface area (Å²) in [5, 5.41) is 7.42. The summed E-state index contributed by atoms with van der Waals surface area (Å²) in [4.78, 5) is 15.3. The van der Waals surface area contributed by atoms with Crippen LogP contribution in [0.5, 0.6) is 0 Å². The van der Waals surface area contributed by atoms with Crippen LogP contribution in [0.2, 0.25) is 0 Å². The number of aryl methyl sites for hydroxylation is 1. The van der Waals surface area contributed by atoms with Crippen LogP contribution in [0, 0.1) is 18.7 Å². The van der Waals surface area contributed by atoms with Crippen LogP contribution in [0.4, 0.5) is 29.3 Å². The maximum absolute atomic E-state index is 15.3. The number of alkyl halides is 3. The van der Waals surface area contributed by atoms with E-state index in [1.54, 1.807) is 19.1 Å². The third-order valence-corrected chi connectivity index (χ3v) is 8.50. The first-order valence-electron chi connectivity index (χ1n) is 13.4. The molecule has 0 amide bonds. The molecule has 14 heteroatoms. The minimum atomic E-state index is -2.61. The van der Waals surface area contributed by atoms with Crippen LogP contribution >= 0.6 is 0 Å². The lowest BCUT2D eigenvalue weighted by Gasteiger charge is -2.53. The fraction of sp³-hybridized carbons (Fsp3) is 0.538. The van der Waals surface area contributed by atoms with Crippen LogP contribution in [-0.2, 0) is 11.3 Å². The van der Waals surface area contributed by atoms with E-state index in [1.165, 1.54) is 21.9 Å². The smallest absolute Gasteiger partial charge is 0.256 e. The number of nitrogen functional groups attached to an aromatic ring is 1. The summed E-state index contributed by atoms with van der Waals surface area (Å²) in [6.07, 6.45) is 0.281. The van der Waals surface area contributed by atoms with Gasteiger partial charge < -0.3 is 20.4 Å². The maximum Gasteiger partial charge on any atom is 0.256 e. The van der Waals surface area contributed by atoms with Crippen molar-refractivity contribution >= 4 is 28.4 Å². The predicted molar refractivity (Wildman–Crippen MR) is 139 cm³/mol. The van der Waals surface area contributed by atoms with Crippen LogP contribution < -0.4 is 11.1 Å². The average Bonchev–Trinajstić information content (AvgIpc) is 3.59. The number of fused-ring (bicyclic) bond motifs is 2. The van der Waals surface area contributed by atoms with Crippen molar-refractivity contribution in [1.82, 2.24) is 34.0 Å². The molecule has 1 aliphatic carbocycles. The highest BCUT2D eigenvalue weighted by atomic mass is 19.3. The number of nitrogens with zero attached hydrogens (tertiary/aromatic N) is 7. The minimum Gasteiger partial charge on any atom is -0.382 e. The van der Waals surface area contributed by atoms with Crippen molar-refractivity contribution in [2.45, 2.75) is 56.9 Å². The molecule has 4 aromatic rings. The molecule has 0 radical (unpaired) electrons. The Kier molecular flexibility index (Phi) is 5.89. The Labute approximate surface area is 226 Å². The second kappa shape index (κ2) is 9.26. The summed E-state index contributed by atoms with van der Waals surface area (Å²) in [5.41, 5.74) is 7.27. The molecular weight excluding hydrogens is 530 g/mol. The van der Waals surface area contributed by atoms with Crippen LogP contribution in [0.15, 0.2) is 18.3 Å². The summed E-state index contributed by atoms with van der Waals surface area (Å²) in [6.45, 7) is 3.38. The predicted octanol–water partition coefficient (Wildman–Crippen LogP) is 3.44. The van der Waals surface area contributed by atoms with Crippen LogP contribution in [0.3, 0.4) is 0 Å². The van der Waals surface area contributed by atoms with Crippen molar-refractivity contribution in [3.05, 3.63) is 30.0 Å². The van der Waals surface area contributed by atoms with Gasteiger partial charge in [0.15, 0.2) is 17.3 Å². The van der Waals surface area contributed by atoms with Gasteiger partial charge in [0.1, 0.15) is 23.0 Å². The van der Waals surface area contributed by atoms with Crippen LogP contribution in [0.25, 0.3) is 27.9 Å². The Morgan fingerprint density at radius 3 is 2.65 bits per heavy atom. The molecular formula is C26H29F4N9O. The standard InChI is InChI=1S/C26H29F4N9O/c1-13-32-19-5-4-18(33-24(19)38(13)10-20(29)30)21-16(28)9-39-22(21)23(31)35-25(36-39)34-17-6-7-37(8-15(17)27)26(11-40-12-26)14-2-3-14/h4-5,9,14-15,17,20H,2-3,6-8,10-12H2,1H3,(H3,31,34,35,36)/t15-,17+/m1/s1. The number of piperidine rings is 1. The SMILES string of the molecule is Cc1nc2ccc(-c3c(F)cn4nc(N[C@H]5CCN(C6(C7CC7)COC6)C[C@H]5F)nc(N)c34)nc2n1CC(F)F. The number of hydrogen-bond donors (Lipinski definition) is 2. The van der Waals surface area contributed by atoms with Gasteiger partial charge in [-0.2, -0.15) is 4.98 Å². The average molecular weight is 560 g/mol. The molecule has 40 heavy (non-hydrogen) atoms. The van der Waals surface area contributed by atoms with E-state index in [9.17, 15) is 8.78 Å². The normalized spacial score (nSPS) is 23.2. The molecule has 6 heterocycles. The fourth-order valence-electron chi connectivity index (χ4n) is 6.24. The van der Waals surface area contributed by atoms with Crippen molar-refractivity contribution in [2.75, 3.05) is 37.4 Å². The number of nitrogens with two attached hydrogens (primary N) is 1. The highest BCUT2D eigenvalue weighted by Crippen LogP contribution is 2.48. The molecule has 2 aliphatic heterocycles. The third kappa shape index (κ3) is 4.07. The lowest BCUT2D eigenvalue weighted by Crippen LogP contribution is -2.67. The fourth-order valence-corrected chi connectivity index (χ4v) is 6.24. The molecule has 4 aromatic heterocycles. The van der Waals surface area contributed by atoms with E-state index in [0.717, 1.165) is 12.7 Å². The van der Waals surface area contributed by atoms with Gasteiger partial charge in [-0.3, -0.25) is 4.90 Å². The number of aromatic nitrogens is 6. The summed E-state index contributed by atoms with van der Waals surface area (Å²) >= 11 is 0. The molecule has 3 aliphatic rings. The first-order valence-corrected chi connectivity index (χ1v) is 13.4. The van der Waals surface area contributed by atoms with E-state index < -0.39 is 31.0 Å². The van der Waals surface area contributed by atoms with E-state index in [0.29, 0.717) is 43.4 Å². The number of imidazole rings is 1. The first kappa shape index (κ1) is 25.4. The quantitative estimate of drug-likeness (QED) is 0.332. The van der Waals surface area contributed by atoms with Gasteiger partial charge >= 0.3 is 0 Å². The van der Waals surface area contributed by atoms with Gasteiger partial charge in [-0.15, -0.1) is 5.10 Å². The number of rotatable bonds is 7. The van der Waals surface area contributed by atoms with Gasteiger partial charge in [0.05, 0.1) is 48.8 Å². The minimum absolute atomic E-state index is 0.0253. The Balaban J connectivity index is 1.15. The van der Waals surface area contributed by atoms with Crippen molar-refractivity contribution < 1.29 is 22.3 Å². The molecule has 7 rings (SSSR count). The van der Waals surface area contributed by atoms with E-state index >= 15 is 8.78 Å². The lowest BCUT2D eigenvalue weighted by atomic mass is 9.86. The number of nitrogens with one attached hydrogen (secondary N) is 1. The van der Waals surface area contributed by atoms with Crippen molar-refractivity contribution in [2.24, 2.45) is 5.92 Å². The van der Waals surface area contributed by atoms with Gasteiger partial charge in [0, 0.05) is 13.1 Å². The molecule has 2 saturated heterocycles. The Morgan fingerprint density at radius 1 is 1.18 bits per heavy atom. The largest absolute Gasteiger partial charge is 0.382 e. The topological polar surface area (TPSA) is 111 Å². The van der Waals surface area contributed by atoms with Gasteiger partial charge in [-0.25, -0.2) is 32.0 Å². The summed E-state index contributed by atoms with van der Waals surface area (Å²) in [6, 6.07) is 2.63. The molecule has 0 unspecified atom stereocenters. The molecule has 212 valence electrons. The number of pyridine rings is 1. The molecule has 3 N–H and O–H groups in total. The third-order valence-electron chi connectivity index (χ3n) is 8.50. The molecule has 1 saturated carbocycles. The highest BCUT2D eigenvalue weighted by molar-refractivity contribution is 5.89. The maximum atomic E-state index is 15.3. The monoisotopic (exact) mass is 559 g/mol. The summed E-state index contributed by atoms with van der Waals surface area (Å²) < 4.78 is 65.0. The van der Waals surface area contributed by atoms with Crippen LogP contribution in [-0.4, -0.2) is 84.5 Å². The van der Waals surface area contributed by atoms with E-state index in [4.69, 9.17) is 10.5 Å². The molecule has 2 atom stereocenters. The van der Waals surface area contributed by atoms with Crippen molar-refractivity contribution in [3.8, 4) is 11.3 Å². The van der Waals surface area contributed by atoms with E-state index in [1.807, 2.05) is 0 Å². The second-order valence-electron chi connectivity index (χ2n) is 11.0. The summed E-state index contributed by atoms with van der Waals surface area (Å²) in [7, 11) is 0. The van der Waals surface area contributed by atoms with Crippen LogP contribution in [0.1, 0.15) is 25.1 Å². The van der Waals surface area contributed by atoms with Crippen molar-refractivity contribution in [3.63, 3.8) is 0 Å². The Morgan fingerprint density at radius 2 is 1.98 bits per heavy atom. The van der Waals surface area contributed by atoms with Gasteiger partial charge in [-0.05, 0) is 44.2 Å². The molecule has 0 spiro atoms. The second-order valence-corrected chi connectivity index (χ2v) is 11.0. The number of halogens is 4. The lowest BCUT2D eigenvalue weighted by molar-refractivity contribution is -0.163. The summed E-state index contributed by atoms with van der Waals surface area (Å²) in [5.74, 6) is 0.367. The van der Waals surface area contributed by atoms with Gasteiger partial charge in [0.2, 0.25) is 5.95 Å². The number of anilines is 2. The van der Waals surface area contributed by atoms with E-state index in [2.05, 4.69) is 30.3 Å². The number of likely N-dealkylation sites (tertiary alicyclic amines) is 1. The highest BCUT2D eigenvalue weighted by Gasteiger charge is 2.55. The molecule has 0 aromatic carbocycles. The first-order chi connectivity index (χ1) is 19.2. The zero-order chi connectivity index (χ0) is 27.8. The number of ether oxygens (including phenoxy) is 1. The molecule has 10 nitrogen and oxygen atoms in total. The van der Waals surface area contributed by atoms with Crippen molar-refractivity contribution in [1.29, 1.82) is 0 Å². The zero-order valence-corrected chi connectivity index (χ0v) is 21.8. The number of hydrogen-bond acceptors (Lipinski definition) is 8. The van der Waals surface area contributed by atoms with Gasteiger partial charge in [-0.1, -0.05) is 0 Å². The Bertz CT molecular complexity index is 1600. The molecule has 0 bridgehead atoms. The zero-order valence-electron chi connectivity index (χ0n) is 21.8. The van der Waals surface area contributed by atoms with E-state index in [-0.39, 0.29) is 39.7 Å². The molecule has 3 fully saturated rings. The van der Waals surface area contributed by atoms with Gasteiger partial charge in [0.25, 0.3) is 6.43 Å². The Hall–Kier alpha value is -3.52.